The van der Waals surface area contributed by atoms with Crippen LogP contribution in [0.1, 0.15) is 11.5 Å². The predicted molar refractivity (Wildman–Crippen MR) is 80.5 cm³/mol. The number of furan rings is 1. The fraction of sp³-hybridized carbons (Fsp3) is 0.133. The largest absolute Gasteiger partial charge is 0.462 e. The summed E-state index contributed by atoms with van der Waals surface area (Å²) in [6.45, 7) is 0.429. The van der Waals surface area contributed by atoms with Gasteiger partial charge in [-0.25, -0.2) is 4.68 Å². The number of hydrogen-bond donors (Lipinski definition) is 2. The highest BCUT2D eigenvalue weighted by molar-refractivity contribution is 6.32. The lowest BCUT2D eigenvalue weighted by atomic mass is 10.3. The molecule has 0 atom stereocenters. The van der Waals surface area contributed by atoms with Gasteiger partial charge in [0.05, 0.1) is 35.3 Å². The van der Waals surface area contributed by atoms with Crippen molar-refractivity contribution in [2.75, 3.05) is 5.32 Å². The Kier molecular flexibility index (Phi) is 3.94. The van der Waals surface area contributed by atoms with Gasteiger partial charge in [-0.2, -0.15) is 5.10 Å². The number of aliphatic hydroxyl groups is 1. The summed E-state index contributed by atoms with van der Waals surface area (Å²) in [7, 11) is 0. The van der Waals surface area contributed by atoms with Gasteiger partial charge < -0.3 is 14.8 Å². The van der Waals surface area contributed by atoms with E-state index in [4.69, 9.17) is 21.1 Å². The molecule has 3 rings (SSSR count). The molecule has 0 radical (unpaired) electrons. The molecular weight excluding hydrogens is 290 g/mol. The molecule has 0 aliphatic carbocycles. The van der Waals surface area contributed by atoms with Crippen molar-refractivity contribution in [2.24, 2.45) is 0 Å². The Morgan fingerprint density at radius 1 is 1.19 bits per heavy atom. The summed E-state index contributed by atoms with van der Waals surface area (Å²) in [5.41, 5.74) is 1.68. The number of rotatable bonds is 5. The molecule has 0 aliphatic rings. The van der Waals surface area contributed by atoms with E-state index < -0.39 is 0 Å². The Morgan fingerprint density at radius 3 is 2.76 bits per heavy atom. The summed E-state index contributed by atoms with van der Waals surface area (Å²) in [5.74, 6) is 1.31. The fourth-order valence-electron chi connectivity index (χ4n) is 1.97. The number of para-hydroxylation sites is 1. The van der Waals surface area contributed by atoms with Crippen molar-refractivity contribution in [3.63, 3.8) is 0 Å². The van der Waals surface area contributed by atoms with Gasteiger partial charge >= 0.3 is 0 Å². The number of halogens is 1. The van der Waals surface area contributed by atoms with Gasteiger partial charge in [-0.3, -0.25) is 0 Å². The number of benzene rings is 1. The zero-order valence-corrected chi connectivity index (χ0v) is 11.9. The minimum atomic E-state index is -0.0928. The standard InChI is InChI=1S/C15H14ClN3O2/c16-14-3-1-2-4-15(14)19-9-11(7-18-19)17-8-12-5-6-13(10-20)21-12/h1-7,9,17,20H,8,10H2. The molecule has 0 spiro atoms. The Morgan fingerprint density at radius 2 is 2.00 bits per heavy atom. The van der Waals surface area contributed by atoms with E-state index in [1.165, 1.54) is 0 Å². The summed E-state index contributed by atoms with van der Waals surface area (Å²) >= 11 is 6.14. The topological polar surface area (TPSA) is 63.2 Å². The molecule has 21 heavy (non-hydrogen) atoms. The highest BCUT2D eigenvalue weighted by Gasteiger charge is 2.05. The van der Waals surface area contributed by atoms with Crippen molar-refractivity contribution in [3.8, 4) is 5.69 Å². The van der Waals surface area contributed by atoms with Gasteiger partial charge in [-0.15, -0.1) is 0 Å². The number of anilines is 1. The summed E-state index contributed by atoms with van der Waals surface area (Å²) in [6, 6.07) is 11.1. The van der Waals surface area contributed by atoms with E-state index in [2.05, 4.69) is 10.4 Å². The molecule has 0 aliphatic heterocycles. The van der Waals surface area contributed by atoms with Crippen LogP contribution in [0.15, 0.2) is 53.2 Å². The van der Waals surface area contributed by atoms with E-state index in [1.54, 1.807) is 16.9 Å². The van der Waals surface area contributed by atoms with Gasteiger partial charge in [-0.05, 0) is 24.3 Å². The lowest BCUT2D eigenvalue weighted by molar-refractivity contribution is 0.244. The van der Waals surface area contributed by atoms with E-state index in [0.717, 1.165) is 17.1 Å². The van der Waals surface area contributed by atoms with Crippen molar-refractivity contribution in [3.05, 3.63) is 65.3 Å². The third-order valence-electron chi connectivity index (χ3n) is 3.02. The maximum Gasteiger partial charge on any atom is 0.129 e. The fourth-order valence-corrected chi connectivity index (χ4v) is 2.20. The summed E-state index contributed by atoms with van der Waals surface area (Å²) < 4.78 is 7.12. The van der Waals surface area contributed by atoms with Crippen LogP contribution in [0.5, 0.6) is 0 Å². The SMILES string of the molecule is OCc1ccc(CNc2cnn(-c3ccccc3Cl)c2)o1. The van der Waals surface area contributed by atoms with Crippen LogP contribution in [-0.4, -0.2) is 14.9 Å². The maximum absolute atomic E-state index is 8.95. The van der Waals surface area contributed by atoms with Crippen molar-refractivity contribution < 1.29 is 9.52 Å². The Balaban J connectivity index is 1.69. The van der Waals surface area contributed by atoms with Crippen molar-refractivity contribution in [1.29, 1.82) is 0 Å². The number of aromatic nitrogens is 2. The van der Waals surface area contributed by atoms with Gasteiger partial charge in [0.1, 0.15) is 18.1 Å². The number of nitrogens with one attached hydrogen (secondary N) is 1. The van der Waals surface area contributed by atoms with Gasteiger partial charge in [0.2, 0.25) is 0 Å². The van der Waals surface area contributed by atoms with E-state index in [0.29, 0.717) is 17.3 Å². The minimum Gasteiger partial charge on any atom is -0.462 e. The molecule has 0 amide bonds. The van der Waals surface area contributed by atoms with E-state index in [-0.39, 0.29) is 6.61 Å². The van der Waals surface area contributed by atoms with Crippen LogP contribution in [-0.2, 0) is 13.2 Å². The van der Waals surface area contributed by atoms with Crippen LogP contribution in [0.2, 0.25) is 5.02 Å². The molecule has 2 heterocycles. The second kappa shape index (κ2) is 6.03. The first-order valence-electron chi connectivity index (χ1n) is 6.48. The first kappa shape index (κ1) is 13.7. The highest BCUT2D eigenvalue weighted by Crippen LogP contribution is 2.20. The van der Waals surface area contributed by atoms with Gasteiger partial charge in [0.25, 0.3) is 0 Å². The highest BCUT2D eigenvalue weighted by atomic mass is 35.5. The molecule has 0 bridgehead atoms. The Labute approximate surface area is 126 Å². The summed E-state index contributed by atoms with van der Waals surface area (Å²) in [4.78, 5) is 0. The maximum atomic E-state index is 8.95. The van der Waals surface area contributed by atoms with Crippen LogP contribution < -0.4 is 5.32 Å². The quantitative estimate of drug-likeness (QED) is 0.759. The molecule has 0 saturated heterocycles. The number of nitrogens with zero attached hydrogens (tertiary/aromatic N) is 2. The van der Waals surface area contributed by atoms with Gasteiger partial charge in [0.15, 0.2) is 0 Å². The lowest BCUT2D eigenvalue weighted by Gasteiger charge is -2.03. The van der Waals surface area contributed by atoms with Crippen LogP contribution >= 0.6 is 11.6 Å². The Bertz CT molecular complexity index is 736. The molecule has 2 N–H and O–H groups in total. The molecule has 3 aromatic rings. The zero-order valence-electron chi connectivity index (χ0n) is 11.2. The van der Waals surface area contributed by atoms with Crippen LogP contribution in [0.4, 0.5) is 5.69 Å². The van der Waals surface area contributed by atoms with Crippen molar-refractivity contribution in [1.82, 2.24) is 9.78 Å². The zero-order chi connectivity index (χ0) is 14.7. The first-order chi connectivity index (χ1) is 10.3. The molecule has 6 heteroatoms. The van der Waals surface area contributed by atoms with Gasteiger partial charge in [-0.1, -0.05) is 23.7 Å². The number of hydrogen-bond acceptors (Lipinski definition) is 4. The summed E-state index contributed by atoms with van der Waals surface area (Å²) in [5, 5.41) is 17.1. The predicted octanol–water partition coefficient (Wildman–Crippen LogP) is 3.22. The van der Waals surface area contributed by atoms with Gasteiger partial charge in [0, 0.05) is 0 Å². The van der Waals surface area contributed by atoms with E-state index >= 15 is 0 Å². The Hall–Kier alpha value is -2.24. The molecular formula is C15H14ClN3O2. The van der Waals surface area contributed by atoms with Crippen LogP contribution in [0.25, 0.3) is 5.69 Å². The third kappa shape index (κ3) is 3.09. The molecule has 1 aromatic carbocycles. The van der Waals surface area contributed by atoms with Crippen molar-refractivity contribution >= 4 is 17.3 Å². The second-order valence-electron chi connectivity index (χ2n) is 4.50. The van der Waals surface area contributed by atoms with Crippen molar-refractivity contribution in [2.45, 2.75) is 13.2 Å². The molecule has 108 valence electrons. The molecule has 2 aromatic heterocycles. The number of aliphatic hydroxyl groups excluding tert-OH is 1. The summed E-state index contributed by atoms with van der Waals surface area (Å²) in [6.07, 6.45) is 3.58. The first-order valence-corrected chi connectivity index (χ1v) is 6.86. The third-order valence-corrected chi connectivity index (χ3v) is 3.34. The molecule has 0 fully saturated rings. The van der Waals surface area contributed by atoms with Crippen LogP contribution in [0, 0.1) is 0 Å². The monoisotopic (exact) mass is 303 g/mol. The van der Waals surface area contributed by atoms with E-state index in [9.17, 15) is 0 Å². The normalized spacial score (nSPS) is 10.8. The molecule has 0 unspecified atom stereocenters. The second-order valence-corrected chi connectivity index (χ2v) is 4.91. The van der Waals surface area contributed by atoms with E-state index in [1.807, 2.05) is 36.5 Å². The average molecular weight is 304 g/mol. The average Bonchev–Trinajstić information content (AvgIpc) is 3.14. The molecule has 5 nitrogen and oxygen atoms in total. The van der Waals surface area contributed by atoms with Crippen LogP contribution in [0.3, 0.4) is 0 Å². The lowest BCUT2D eigenvalue weighted by Crippen LogP contribution is -1.97. The molecule has 0 saturated carbocycles. The minimum absolute atomic E-state index is 0.0928. The smallest absolute Gasteiger partial charge is 0.129 e.